The third-order valence-electron chi connectivity index (χ3n) is 7.25. The van der Waals surface area contributed by atoms with Crippen molar-refractivity contribution >= 4 is 16.9 Å². The van der Waals surface area contributed by atoms with E-state index in [1.807, 2.05) is 44.4 Å². The number of hydrogen-bond acceptors (Lipinski definition) is 5. The van der Waals surface area contributed by atoms with Crippen LogP contribution in [0, 0.1) is 5.82 Å². The minimum Gasteiger partial charge on any atom is -0.354 e. The van der Waals surface area contributed by atoms with Crippen molar-refractivity contribution in [1.29, 1.82) is 0 Å². The normalized spacial score (nSPS) is 17.5. The summed E-state index contributed by atoms with van der Waals surface area (Å²) in [7, 11) is 4.04. The van der Waals surface area contributed by atoms with Crippen LogP contribution in [0.15, 0.2) is 70.4 Å². The van der Waals surface area contributed by atoms with E-state index >= 15 is 0 Å². The predicted octanol–water partition coefficient (Wildman–Crippen LogP) is 4.03. The van der Waals surface area contributed by atoms with Gasteiger partial charge in [-0.05, 0) is 74.7 Å². The average molecular weight is 530 g/mol. The minimum absolute atomic E-state index is 0.0111. The van der Waals surface area contributed by atoms with Gasteiger partial charge >= 0.3 is 5.69 Å². The van der Waals surface area contributed by atoms with E-state index < -0.39 is 17.1 Å². The highest BCUT2D eigenvalue weighted by molar-refractivity contribution is 5.76. The summed E-state index contributed by atoms with van der Waals surface area (Å²) in [5.41, 5.74) is 2.68. The highest BCUT2D eigenvalue weighted by Crippen LogP contribution is 2.28. The van der Waals surface area contributed by atoms with Crippen LogP contribution >= 0.6 is 0 Å². The number of nitrogens with one attached hydrogen (secondary N) is 1. The van der Waals surface area contributed by atoms with Gasteiger partial charge in [-0.15, -0.1) is 0 Å². The molecule has 1 saturated carbocycles. The maximum Gasteiger partial charge on any atom is 0.337 e. The molecule has 0 aliphatic heterocycles. The molecule has 0 radical (unpaired) electrons. The molecule has 1 fully saturated rings. The fourth-order valence-electron chi connectivity index (χ4n) is 5.50. The summed E-state index contributed by atoms with van der Waals surface area (Å²) in [5, 5.41) is 2.97. The highest BCUT2D eigenvalue weighted by Gasteiger charge is 2.27. The van der Waals surface area contributed by atoms with Crippen molar-refractivity contribution in [2.45, 2.75) is 51.2 Å². The topological polar surface area (TPSA) is 89.2 Å². The molecule has 0 unspecified atom stereocenters. The summed E-state index contributed by atoms with van der Waals surface area (Å²) in [5.74, 6) is -0.741. The van der Waals surface area contributed by atoms with Gasteiger partial charge in [0.15, 0.2) is 5.65 Å². The zero-order valence-corrected chi connectivity index (χ0v) is 22.4. The Kier molecular flexibility index (Phi) is 7.43. The maximum absolute atomic E-state index is 14.3. The van der Waals surface area contributed by atoms with Gasteiger partial charge in [0.1, 0.15) is 5.82 Å². The standard InChI is InChI=1S/C30H32FN5O3/c1-19(37)33-24-11-13-25(14-12-24)36-29(38)27-16-23(31)17-32-28(27)35(30(36)39)26-6-4-5-22(15-26)21-9-7-20(8-10-21)18-34(2)3/h4-10,15-17,24-25H,11-14,18H2,1-3H3,(H,33,37)/t24-,25+. The van der Waals surface area contributed by atoms with Gasteiger partial charge in [0, 0.05) is 25.6 Å². The van der Waals surface area contributed by atoms with E-state index in [-0.39, 0.29) is 29.0 Å². The first-order chi connectivity index (χ1) is 18.7. The number of pyridine rings is 1. The molecule has 2 heterocycles. The molecular formula is C30H32FN5O3. The number of rotatable bonds is 6. The molecule has 2 aromatic carbocycles. The quantitative estimate of drug-likeness (QED) is 0.407. The minimum atomic E-state index is -0.641. The summed E-state index contributed by atoms with van der Waals surface area (Å²) in [4.78, 5) is 45.2. The largest absolute Gasteiger partial charge is 0.354 e. The number of benzene rings is 2. The Hall–Kier alpha value is -4.11. The summed E-state index contributed by atoms with van der Waals surface area (Å²) in [6, 6.07) is 16.5. The van der Waals surface area contributed by atoms with E-state index in [0.717, 1.165) is 29.9 Å². The van der Waals surface area contributed by atoms with E-state index in [2.05, 4.69) is 27.3 Å². The second kappa shape index (κ2) is 10.9. The number of carbonyl (C=O) groups is 1. The second-order valence-electron chi connectivity index (χ2n) is 10.5. The smallest absolute Gasteiger partial charge is 0.337 e. The number of fused-ring (bicyclic) bond motifs is 1. The Balaban J connectivity index is 1.59. The Labute approximate surface area is 225 Å². The molecule has 202 valence electrons. The molecule has 4 aromatic rings. The predicted molar refractivity (Wildman–Crippen MR) is 149 cm³/mol. The summed E-state index contributed by atoms with van der Waals surface area (Å²) in [6.45, 7) is 2.31. The van der Waals surface area contributed by atoms with Crippen molar-refractivity contribution in [3.05, 3.63) is 93.0 Å². The van der Waals surface area contributed by atoms with Gasteiger partial charge < -0.3 is 10.2 Å². The molecule has 0 saturated heterocycles. The van der Waals surface area contributed by atoms with E-state index in [9.17, 15) is 18.8 Å². The van der Waals surface area contributed by atoms with Gasteiger partial charge in [-0.3, -0.25) is 14.2 Å². The Morgan fingerprint density at radius 2 is 1.74 bits per heavy atom. The molecular weight excluding hydrogens is 497 g/mol. The number of amides is 1. The lowest BCUT2D eigenvalue weighted by Gasteiger charge is -2.30. The molecule has 1 aliphatic carbocycles. The Morgan fingerprint density at radius 1 is 1.03 bits per heavy atom. The van der Waals surface area contributed by atoms with Crippen LogP contribution in [0.5, 0.6) is 0 Å². The van der Waals surface area contributed by atoms with Gasteiger partial charge in [-0.1, -0.05) is 36.4 Å². The number of halogens is 1. The first-order valence-corrected chi connectivity index (χ1v) is 13.2. The van der Waals surface area contributed by atoms with Crippen molar-refractivity contribution in [3.8, 4) is 16.8 Å². The van der Waals surface area contributed by atoms with Crippen LogP contribution in [0.1, 0.15) is 44.2 Å². The van der Waals surface area contributed by atoms with Crippen molar-refractivity contribution in [2.75, 3.05) is 14.1 Å². The van der Waals surface area contributed by atoms with E-state index in [1.165, 1.54) is 21.6 Å². The molecule has 1 aliphatic rings. The first kappa shape index (κ1) is 26.5. The van der Waals surface area contributed by atoms with Crippen molar-refractivity contribution in [1.82, 2.24) is 24.3 Å². The number of aromatic nitrogens is 3. The van der Waals surface area contributed by atoms with Gasteiger partial charge in [0.05, 0.1) is 17.3 Å². The fraction of sp³-hybridized carbons (Fsp3) is 0.333. The van der Waals surface area contributed by atoms with Crippen molar-refractivity contribution < 1.29 is 9.18 Å². The molecule has 2 aromatic heterocycles. The molecule has 9 heteroatoms. The molecule has 39 heavy (non-hydrogen) atoms. The van der Waals surface area contributed by atoms with Crippen molar-refractivity contribution in [2.24, 2.45) is 0 Å². The highest BCUT2D eigenvalue weighted by atomic mass is 19.1. The lowest BCUT2D eigenvalue weighted by Crippen LogP contribution is -2.45. The fourth-order valence-corrected chi connectivity index (χ4v) is 5.50. The van der Waals surface area contributed by atoms with Crippen molar-refractivity contribution in [3.63, 3.8) is 0 Å². The van der Waals surface area contributed by atoms with Gasteiger partial charge in [0.2, 0.25) is 5.91 Å². The third-order valence-corrected chi connectivity index (χ3v) is 7.25. The van der Waals surface area contributed by atoms with E-state index in [4.69, 9.17) is 0 Å². The van der Waals surface area contributed by atoms with E-state index in [1.54, 1.807) is 6.07 Å². The lowest BCUT2D eigenvalue weighted by atomic mass is 9.91. The number of hydrogen-bond donors (Lipinski definition) is 1. The average Bonchev–Trinajstić information content (AvgIpc) is 2.90. The van der Waals surface area contributed by atoms with Crippen LogP contribution in [-0.4, -0.2) is 45.1 Å². The Bertz CT molecular complexity index is 1630. The Morgan fingerprint density at radius 3 is 2.41 bits per heavy atom. The molecule has 1 amide bonds. The molecule has 5 rings (SSSR count). The van der Waals surface area contributed by atoms with Crippen LogP contribution in [0.3, 0.4) is 0 Å². The van der Waals surface area contributed by atoms with Crippen LogP contribution < -0.4 is 16.6 Å². The molecule has 8 nitrogen and oxygen atoms in total. The van der Waals surface area contributed by atoms with Gasteiger partial charge in [0.25, 0.3) is 5.56 Å². The van der Waals surface area contributed by atoms with E-state index in [0.29, 0.717) is 31.4 Å². The number of nitrogens with zero attached hydrogens (tertiary/aromatic N) is 4. The molecule has 1 N–H and O–H groups in total. The lowest BCUT2D eigenvalue weighted by molar-refractivity contribution is -0.119. The molecule has 0 spiro atoms. The first-order valence-electron chi connectivity index (χ1n) is 13.2. The maximum atomic E-state index is 14.3. The zero-order valence-electron chi connectivity index (χ0n) is 22.4. The summed E-state index contributed by atoms with van der Waals surface area (Å²) in [6.07, 6.45) is 3.42. The number of carbonyl (C=O) groups excluding carboxylic acids is 1. The summed E-state index contributed by atoms with van der Waals surface area (Å²) >= 11 is 0. The molecule has 0 atom stereocenters. The zero-order chi connectivity index (χ0) is 27.7. The van der Waals surface area contributed by atoms with Crippen LogP contribution in [0.25, 0.3) is 27.8 Å². The van der Waals surface area contributed by atoms with Crippen LogP contribution in [-0.2, 0) is 11.3 Å². The van der Waals surface area contributed by atoms with Crippen LogP contribution in [0.2, 0.25) is 0 Å². The molecule has 0 bridgehead atoms. The SMILES string of the molecule is CC(=O)N[C@H]1CC[C@@H](n2c(=O)c3cc(F)cnc3n(-c3cccc(-c4ccc(CN(C)C)cc4)c3)c2=O)CC1. The monoisotopic (exact) mass is 529 g/mol. The van der Waals surface area contributed by atoms with Crippen LogP contribution in [0.4, 0.5) is 4.39 Å². The third kappa shape index (κ3) is 5.54. The van der Waals surface area contributed by atoms with Gasteiger partial charge in [-0.25, -0.2) is 18.7 Å². The van der Waals surface area contributed by atoms with Gasteiger partial charge in [-0.2, -0.15) is 0 Å². The second-order valence-corrected chi connectivity index (χ2v) is 10.5. The summed E-state index contributed by atoms with van der Waals surface area (Å²) < 4.78 is 16.9.